The second-order valence-corrected chi connectivity index (χ2v) is 5.77. The first-order chi connectivity index (χ1) is 9.09. The van der Waals surface area contributed by atoms with Gasteiger partial charge in [0, 0.05) is 6.04 Å². The molecule has 1 aromatic heterocycles. The summed E-state index contributed by atoms with van der Waals surface area (Å²) in [7, 11) is 0. The molecular weight excluding hydrogens is 256 g/mol. The molecule has 0 atom stereocenters. The highest BCUT2D eigenvalue weighted by Gasteiger charge is 2.18. The summed E-state index contributed by atoms with van der Waals surface area (Å²) in [6, 6.07) is 0.465. The van der Waals surface area contributed by atoms with Gasteiger partial charge in [-0.2, -0.15) is 5.10 Å². The molecule has 2 rings (SSSR count). The molecule has 1 heterocycles. The number of hydrogen-bond donors (Lipinski definition) is 2. The summed E-state index contributed by atoms with van der Waals surface area (Å²) in [6.45, 7) is 3.93. The molecule has 19 heavy (non-hydrogen) atoms. The minimum Gasteiger partial charge on any atom is -0.389 e. The van der Waals surface area contributed by atoms with Gasteiger partial charge in [0.25, 0.3) is 0 Å². The molecule has 0 spiro atoms. The van der Waals surface area contributed by atoms with Crippen molar-refractivity contribution in [3.8, 4) is 0 Å². The van der Waals surface area contributed by atoms with Crippen LogP contribution in [0.1, 0.15) is 55.3 Å². The van der Waals surface area contributed by atoms with Crippen LogP contribution in [-0.4, -0.2) is 21.2 Å². The zero-order chi connectivity index (χ0) is 13.8. The van der Waals surface area contributed by atoms with Crippen LogP contribution in [0.3, 0.4) is 0 Å². The molecular formula is C14H22N4S. The van der Waals surface area contributed by atoms with Gasteiger partial charge in [0.05, 0.1) is 11.3 Å². The smallest absolute Gasteiger partial charge is 0.159 e. The maximum Gasteiger partial charge on any atom is 0.159 e. The van der Waals surface area contributed by atoms with Gasteiger partial charge >= 0.3 is 0 Å². The third-order valence-corrected chi connectivity index (χ3v) is 4.10. The summed E-state index contributed by atoms with van der Waals surface area (Å²) in [5, 5.41) is 11.9. The zero-order valence-corrected chi connectivity index (χ0v) is 12.5. The first-order valence-electron chi connectivity index (χ1n) is 7.00. The van der Waals surface area contributed by atoms with Crippen molar-refractivity contribution in [2.24, 2.45) is 5.73 Å². The van der Waals surface area contributed by atoms with Gasteiger partial charge in [-0.05, 0) is 32.3 Å². The number of nitrogens with zero attached hydrogens (tertiary/aromatic N) is 2. The molecule has 0 saturated heterocycles. The van der Waals surface area contributed by atoms with Crippen LogP contribution in [0.2, 0.25) is 0 Å². The lowest BCUT2D eigenvalue weighted by Gasteiger charge is -2.19. The van der Waals surface area contributed by atoms with E-state index in [1.54, 1.807) is 0 Å². The Kier molecular flexibility index (Phi) is 4.69. The molecule has 0 bridgehead atoms. The predicted octanol–water partition coefficient (Wildman–Crippen LogP) is 2.86. The van der Waals surface area contributed by atoms with E-state index < -0.39 is 0 Å². The first-order valence-corrected chi connectivity index (χ1v) is 7.40. The number of thiocarbonyl (C=S) groups is 1. The van der Waals surface area contributed by atoms with E-state index in [0.717, 1.165) is 22.6 Å². The number of aryl methyl sites for hydroxylation is 1. The highest BCUT2D eigenvalue weighted by atomic mass is 32.1. The highest BCUT2D eigenvalue weighted by Crippen LogP contribution is 2.24. The monoisotopic (exact) mass is 278 g/mol. The van der Waals surface area contributed by atoms with Crippen molar-refractivity contribution in [3.05, 3.63) is 16.8 Å². The Morgan fingerprint density at radius 2 is 1.79 bits per heavy atom. The van der Waals surface area contributed by atoms with E-state index >= 15 is 0 Å². The Hall–Kier alpha value is -1.23. The van der Waals surface area contributed by atoms with Gasteiger partial charge in [0.2, 0.25) is 0 Å². The van der Waals surface area contributed by atoms with Crippen LogP contribution in [0.25, 0.3) is 0 Å². The van der Waals surface area contributed by atoms with Crippen molar-refractivity contribution in [2.45, 2.75) is 58.4 Å². The largest absolute Gasteiger partial charge is 0.389 e. The third kappa shape index (κ3) is 3.41. The summed E-state index contributed by atoms with van der Waals surface area (Å²) in [5.74, 6) is 0.752. The normalized spacial score (nSPS) is 16.9. The van der Waals surface area contributed by atoms with Gasteiger partial charge in [-0.1, -0.05) is 37.9 Å². The molecule has 104 valence electrons. The van der Waals surface area contributed by atoms with E-state index in [2.05, 4.69) is 15.5 Å². The fourth-order valence-electron chi connectivity index (χ4n) is 2.63. The van der Waals surface area contributed by atoms with Crippen molar-refractivity contribution in [2.75, 3.05) is 5.32 Å². The molecule has 1 aromatic rings. The maximum absolute atomic E-state index is 5.84. The Balaban J connectivity index is 2.24. The molecule has 5 heteroatoms. The van der Waals surface area contributed by atoms with Gasteiger partial charge in [0.15, 0.2) is 5.82 Å². The van der Waals surface area contributed by atoms with Gasteiger partial charge in [-0.15, -0.1) is 5.10 Å². The summed E-state index contributed by atoms with van der Waals surface area (Å²) in [6.07, 6.45) is 7.59. The van der Waals surface area contributed by atoms with E-state index in [1.165, 1.54) is 38.5 Å². The Morgan fingerprint density at radius 3 is 2.37 bits per heavy atom. The minimum atomic E-state index is 0.395. The lowest BCUT2D eigenvalue weighted by molar-refractivity contribution is 0.615. The molecule has 1 saturated carbocycles. The standard InChI is InChI=1S/C14H22N4S/c1-9-10(2)17-18-14(12(9)13(15)19)16-11-7-5-3-4-6-8-11/h11H,3-8H2,1-2H3,(H2,15,19)(H,16,18). The van der Waals surface area contributed by atoms with Gasteiger partial charge < -0.3 is 11.1 Å². The third-order valence-electron chi connectivity index (χ3n) is 3.90. The number of hydrogen-bond acceptors (Lipinski definition) is 4. The van der Waals surface area contributed by atoms with Gasteiger partial charge in [-0.25, -0.2) is 0 Å². The van der Waals surface area contributed by atoms with E-state index in [0.29, 0.717) is 11.0 Å². The lowest BCUT2D eigenvalue weighted by Crippen LogP contribution is -2.24. The van der Waals surface area contributed by atoms with E-state index in [4.69, 9.17) is 18.0 Å². The second kappa shape index (κ2) is 6.28. The fourth-order valence-corrected chi connectivity index (χ4v) is 2.88. The molecule has 0 amide bonds. The summed E-state index contributed by atoms with van der Waals surface area (Å²) in [4.78, 5) is 0.395. The van der Waals surface area contributed by atoms with Crippen LogP contribution < -0.4 is 11.1 Å². The van der Waals surface area contributed by atoms with Crippen LogP contribution in [0.5, 0.6) is 0 Å². The lowest BCUT2D eigenvalue weighted by atomic mass is 10.1. The minimum absolute atomic E-state index is 0.395. The molecule has 0 radical (unpaired) electrons. The van der Waals surface area contributed by atoms with E-state index in [9.17, 15) is 0 Å². The van der Waals surface area contributed by atoms with Crippen molar-refractivity contribution in [1.29, 1.82) is 0 Å². The maximum atomic E-state index is 5.84. The van der Waals surface area contributed by atoms with Crippen molar-refractivity contribution < 1.29 is 0 Å². The molecule has 0 aromatic carbocycles. The Labute approximate surface area is 120 Å². The van der Waals surface area contributed by atoms with Gasteiger partial charge in [0.1, 0.15) is 4.99 Å². The summed E-state index contributed by atoms with van der Waals surface area (Å²) >= 11 is 5.16. The average Bonchev–Trinajstić information content (AvgIpc) is 2.62. The quantitative estimate of drug-likeness (QED) is 0.657. The van der Waals surface area contributed by atoms with Crippen LogP contribution in [-0.2, 0) is 0 Å². The van der Waals surface area contributed by atoms with Crippen molar-refractivity contribution >= 4 is 23.0 Å². The number of nitrogens with two attached hydrogens (primary N) is 1. The van der Waals surface area contributed by atoms with E-state index in [-0.39, 0.29) is 0 Å². The van der Waals surface area contributed by atoms with Crippen LogP contribution in [0.15, 0.2) is 0 Å². The number of anilines is 1. The topological polar surface area (TPSA) is 63.8 Å². The van der Waals surface area contributed by atoms with Crippen molar-refractivity contribution in [1.82, 2.24) is 10.2 Å². The predicted molar refractivity (Wildman–Crippen MR) is 82.5 cm³/mol. The Bertz CT molecular complexity index is 465. The van der Waals surface area contributed by atoms with Crippen LogP contribution in [0.4, 0.5) is 5.82 Å². The Morgan fingerprint density at radius 1 is 1.16 bits per heavy atom. The summed E-state index contributed by atoms with van der Waals surface area (Å²) in [5.41, 5.74) is 8.61. The van der Waals surface area contributed by atoms with Crippen molar-refractivity contribution in [3.63, 3.8) is 0 Å². The SMILES string of the molecule is Cc1nnc(NC2CCCCCC2)c(C(N)=S)c1C. The molecule has 3 N–H and O–H groups in total. The zero-order valence-electron chi connectivity index (χ0n) is 11.7. The molecule has 0 aliphatic heterocycles. The van der Waals surface area contributed by atoms with E-state index in [1.807, 2.05) is 13.8 Å². The number of aromatic nitrogens is 2. The fraction of sp³-hybridized carbons (Fsp3) is 0.643. The summed E-state index contributed by atoms with van der Waals surface area (Å²) < 4.78 is 0. The number of nitrogens with one attached hydrogen (secondary N) is 1. The van der Waals surface area contributed by atoms with Gasteiger partial charge in [-0.3, -0.25) is 0 Å². The second-order valence-electron chi connectivity index (χ2n) is 5.33. The van der Waals surface area contributed by atoms with Crippen LogP contribution in [0, 0.1) is 13.8 Å². The molecule has 4 nitrogen and oxygen atoms in total. The first kappa shape index (κ1) is 14.2. The molecule has 0 unspecified atom stereocenters. The average molecular weight is 278 g/mol. The highest BCUT2D eigenvalue weighted by molar-refractivity contribution is 7.80. The number of rotatable bonds is 3. The molecule has 1 aliphatic rings. The molecule has 1 aliphatic carbocycles. The van der Waals surface area contributed by atoms with Crippen LogP contribution >= 0.6 is 12.2 Å². The molecule has 1 fully saturated rings.